The summed E-state index contributed by atoms with van der Waals surface area (Å²) in [6, 6.07) is 16.5. The van der Waals surface area contributed by atoms with E-state index in [1.54, 1.807) is 24.3 Å². The van der Waals surface area contributed by atoms with Crippen LogP contribution in [-0.4, -0.2) is 42.2 Å². The summed E-state index contributed by atoms with van der Waals surface area (Å²) in [5, 5.41) is 2.90. The largest absolute Gasteiger partial charge is 0.487 e. The van der Waals surface area contributed by atoms with E-state index in [0.29, 0.717) is 35.7 Å². The number of nitrogens with zero attached hydrogens (tertiary/aromatic N) is 1. The number of primary amides is 1. The van der Waals surface area contributed by atoms with Gasteiger partial charge in [0, 0.05) is 18.2 Å². The smallest absolute Gasteiger partial charge is 0.264 e. The number of para-hydroxylation sites is 3. The van der Waals surface area contributed by atoms with Crippen LogP contribution in [0.3, 0.4) is 0 Å². The van der Waals surface area contributed by atoms with Crippen LogP contribution >= 0.6 is 0 Å². The Balaban J connectivity index is 1.23. The minimum atomic E-state index is -0.711. The van der Waals surface area contributed by atoms with Crippen LogP contribution in [-0.2, 0) is 11.2 Å². The van der Waals surface area contributed by atoms with Crippen LogP contribution < -0.4 is 25.3 Å². The van der Waals surface area contributed by atoms with Crippen molar-refractivity contribution in [2.24, 2.45) is 5.73 Å². The van der Waals surface area contributed by atoms with E-state index >= 15 is 0 Å². The molecule has 3 heterocycles. The Hall–Kier alpha value is -4.07. The number of fused-ring (bicyclic) bond motifs is 2. The van der Waals surface area contributed by atoms with Crippen LogP contribution in [0.25, 0.3) is 11.3 Å². The zero-order valence-electron chi connectivity index (χ0n) is 17.1. The molecule has 0 fully saturated rings. The lowest BCUT2D eigenvalue weighted by molar-refractivity contribution is -0.130. The van der Waals surface area contributed by atoms with Crippen LogP contribution in [0.2, 0.25) is 0 Å². The van der Waals surface area contributed by atoms with Crippen molar-refractivity contribution in [3.63, 3.8) is 0 Å². The number of amides is 2. The van der Waals surface area contributed by atoms with Gasteiger partial charge in [-0.05, 0) is 35.9 Å². The molecular weight excluding hydrogens is 410 g/mol. The Morgan fingerprint density at radius 1 is 1.03 bits per heavy atom. The van der Waals surface area contributed by atoms with E-state index in [1.165, 1.54) is 6.20 Å². The number of nitrogens with two attached hydrogens (primary N) is 1. The number of nitrogens with one attached hydrogen (secondary N) is 1. The Bertz CT molecular complexity index is 1180. The molecule has 2 atom stereocenters. The maximum atomic E-state index is 12.6. The van der Waals surface area contributed by atoms with E-state index in [-0.39, 0.29) is 18.6 Å². The van der Waals surface area contributed by atoms with Gasteiger partial charge in [0.25, 0.3) is 5.91 Å². The third-order valence-electron chi connectivity index (χ3n) is 5.46. The molecule has 0 saturated carbocycles. The van der Waals surface area contributed by atoms with Crippen molar-refractivity contribution in [1.82, 2.24) is 10.3 Å². The third-order valence-corrected chi connectivity index (χ3v) is 5.46. The summed E-state index contributed by atoms with van der Waals surface area (Å²) < 4.78 is 17.5. The molecule has 1 aromatic heterocycles. The number of hydrogen-bond acceptors (Lipinski definition) is 6. The van der Waals surface area contributed by atoms with Gasteiger partial charge in [-0.3, -0.25) is 14.6 Å². The highest BCUT2D eigenvalue weighted by Gasteiger charge is 2.30. The van der Waals surface area contributed by atoms with Crippen LogP contribution in [0.15, 0.2) is 60.8 Å². The van der Waals surface area contributed by atoms with E-state index in [4.69, 9.17) is 19.9 Å². The van der Waals surface area contributed by atoms with Crippen LogP contribution in [0, 0.1) is 0 Å². The molecule has 3 N–H and O–H groups in total. The van der Waals surface area contributed by atoms with Gasteiger partial charge in [-0.2, -0.15) is 0 Å². The van der Waals surface area contributed by atoms with E-state index in [9.17, 15) is 9.59 Å². The molecule has 0 radical (unpaired) electrons. The predicted octanol–water partition coefficient (Wildman–Crippen LogP) is 2.11. The topological polar surface area (TPSA) is 113 Å². The summed E-state index contributed by atoms with van der Waals surface area (Å²) in [5.41, 5.74) is 8.18. The zero-order chi connectivity index (χ0) is 22.1. The highest BCUT2D eigenvalue weighted by molar-refractivity contribution is 5.92. The van der Waals surface area contributed by atoms with Crippen molar-refractivity contribution in [1.29, 1.82) is 0 Å². The Kier molecular flexibility index (Phi) is 5.10. The first-order valence-corrected chi connectivity index (χ1v) is 10.3. The van der Waals surface area contributed by atoms with Crippen molar-refractivity contribution >= 4 is 11.8 Å². The molecule has 8 heteroatoms. The Labute approximate surface area is 184 Å². The molecule has 162 valence electrons. The first-order valence-electron chi connectivity index (χ1n) is 10.3. The fourth-order valence-electron chi connectivity index (χ4n) is 3.83. The molecule has 0 saturated heterocycles. The number of pyridine rings is 1. The van der Waals surface area contributed by atoms with Crippen molar-refractivity contribution < 1.29 is 23.8 Å². The maximum absolute atomic E-state index is 12.6. The van der Waals surface area contributed by atoms with E-state index in [2.05, 4.69) is 10.3 Å². The summed E-state index contributed by atoms with van der Waals surface area (Å²) in [6.45, 7) is 0.494. The SMILES string of the molecule is NC(=O)c1ccc(-c2cccc3c2OC(CNC(=O)C2COc4ccccc4O2)C3)nc1. The lowest BCUT2D eigenvalue weighted by Crippen LogP contribution is -2.46. The van der Waals surface area contributed by atoms with Gasteiger partial charge in [0.15, 0.2) is 11.5 Å². The highest BCUT2D eigenvalue weighted by atomic mass is 16.6. The summed E-state index contributed by atoms with van der Waals surface area (Å²) in [4.78, 5) is 28.2. The summed E-state index contributed by atoms with van der Waals surface area (Å²) in [7, 11) is 0. The van der Waals surface area contributed by atoms with Gasteiger partial charge >= 0.3 is 0 Å². The first kappa shape index (κ1) is 19.9. The minimum absolute atomic E-state index is 0.158. The average molecular weight is 431 g/mol. The molecule has 0 spiro atoms. The molecule has 5 rings (SSSR count). The average Bonchev–Trinajstić information content (AvgIpc) is 3.25. The number of hydrogen-bond donors (Lipinski definition) is 2. The predicted molar refractivity (Wildman–Crippen MR) is 116 cm³/mol. The second kappa shape index (κ2) is 8.22. The van der Waals surface area contributed by atoms with Crippen molar-refractivity contribution in [3.8, 4) is 28.5 Å². The van der Waals surface area contributed by atoms with E-state index < -0.39 is 12.0 Å². The number of ether oxygens (including phenoxy) is 3. The maximum Gasteiger partial charge on any atom is 0.264 e. The van der Waals surface area contributed by atoms with Crippen LogP contribution in [0.5, 0.6) is 17.2 Å². The van der Waals surface area contributed by atoms with Gasteiger partial charge in [0.05, 0.1) is 17.8 Å². The van der Waals surface area contributed by atoms with Gasteiger partial charge in [0.2, 0.25) is 12.0 Å². The lowest BCUT2D eigenvalue weighted by atomic mass is 10.0. The van der Waals surface area contributed by atoms with Gasteiger partial charge < -0.3 is 25.3 Å². The lowest BCUT2D eigenvalue weighted by Gasteiger charge is -2.26. The zero-order valence-corrected chi connectivity index (χ0v) is 17.1. The van der Waals surface area contributed by atoms with Gasteiger partial charge in [0.1, 0.15) is 18.5 Å². The fraction of sp³-hybridized carbons (Fsp3) is 0.208. The minimum Gasteiger partial charge on any atom is -0.487 e. The summed E-state index contributed by atoms with van der Waals surface area (Å²) >= 11 is 0. The Morgan fingerprint density at radius 2 is 1.88 bits per heavy atom. The molecule has 2 amide bonds. The van der Waals surface area contributed by atoms with E-state index in [0.717, 1.165) is 16.9 Å². The molecular formula is C24H21N3O5. The second-order valence-corrected chi connectivity index (χ2v) is 7.64. The van der Waals surface area contributed by atoms with Crippen molar-refractivity contribution in [2.45, 2.75) is 18.6 Å². The Morgan fingerprint density at radius 3 is 2.66 bits per heavy atom. The normalized spacial score (nSPS) is 18.4. The molecule has 2 unspecified atom stereocenters. The van der Waals surface area contributed by atoms with E-state index in [1.807, 2.05) is 30.3 Å². The fourth-order valence-corrected chi connectivity index (χ4v) is 3.83. The quantitative estimate of drug-likeness (QED) is 0.640. The number of aromatic nitrogens is 1. The van der Waals surface area contributed by atoms with Gasteiger partial charge in [-0.15, -0.1) is 0 Å². The van der Waals surface area contributed by atoms with Gasteiger partial charge in [-0.25, -0.2) is 0 Å². The van der Waals surface area contributed by atoms with Gasteiger partial charge in [-0.1, -0.05) is 24.3 Å². The molecule has 32 heavy (non-hydrogen) atoms. The standard InChI is InChI=1S/C24H21N3O5/c25-23(28)15-8-9-18(26-11-15)17-5-3-4-14-10-16(31-22(14)17)12-27-24(29)21-13-30-19-6-1-2-7-20(19)32-21/h1-9,11,16,21H,10,12-13H2,(H2,25,28)(H,27,29). The monoisotopic (exact) mass is 431 g/mol. The van der Waals surface area contributed by atoms with Crippen LogP contribution in [0.4, 0.5) is 0 Å². The molecule has 2 aliphatic rings. The number of carbonyl (C=O) groups excluding carboxylic acids is 2. The molecule has 2 aliphatic heterocycles. The van der Waals surface area contributed by atoms with Crippen LogP contribution in [0.1, 0.15) is 15.9 Å². The molecule has 8 nitrogen and oxygen atoms in total. The third kappa shape index (κ3) is 3.82. The molecule has 0 bridgehead atoms. The molecule has 3 aromatic rings. The second-order valence-electron chi connectivity index (χ2n) is 7.64. The number of carbonyl (C=O) groups is 2. The first-order chi connectivity index (χ1) is 15.6. The highest BCUT2D eigenvalue weighted by Crippen LogP contribution is 2.38. The molecule has 0 aliphatic carbocycles. The van der Waals surface area contributed by atoms with Crippen molar-refractivity contribution in [3.05, 3.63) is 71.9 Å². The summed E-state index contributed by atoms with van der Waals surface area (Å²) in [6.07, 6.45) is 1.19. The number of benzene rings is 2. The summed E-state index contributed by atoms with van der Waals surface area (Å²) in [5.74, 6) is 1.16. The molecule has 2 aromatic carbocycles. The number of rotatable bonds is 5. The van der Waals surface area contributed by atoms with Crippen molar-refractivity contribution in [2.75, 3.05) is 13.2 Å².